The number of hydrogen-bond acceptors (Lipinski definition) is 4. The van der Waals surface area contributed by atoms with Crippen LogP contribution in [0.5, 0.6) is 0 Å². The summed E-state index contributed by atoms with van der Waals surface area (Å²) in [6, 6.07) is -0.111. The van der Waals surface area contributed by atoms with Crippen LogP contribution in [0.25, 0.3) is 0 Å². The van der Waals surface area contributed by atoms with Crippen LogP contribution in [0, 0.1) is 5.41 Å². The van der Waals surface area contributed by atoms with E-state index in [2.05, 4.69) is 42.5 Å². The summed E-state index contributed by atoms with van der Waals surface area (Å²) >= 11 is 0. The highest BCUT2D eigenvalue weighted by molar-refractivity contribution is 5.81. The summed E-state index contributed by atoms with van der Waals surface area (Å²) < 4.78 is 0. The molecule has 0 aliphatic carbocycles. The Bertz CT molecular complexity index is 344. The van der Waals surface area contributed by atoms with Crippen LogP contribution >= 0.6 is 0 Å². The number of β-amino-alcohol motifs (C(OH)–C–C–N with tert-alkyl or cyclic N) is 1. The van der Waals surface area contributed by atoms with Gasteiger partial charge < -0.3 is 10.4 Å². The van der Waals surface area contributed by atoms with Gasteiger partial charge in [-0.2, -0.15) is 0 Å². The quantitative estimate of drug-likeness (QED) is 0.709. The second-order valence-corrected chi connectivity index (χ2v) is 6.93. The van der Waals surface area contributed by atoms with Crippen molar-refractivity contribution in [3.63, 3.8) is 0 Å². The highest BCUT2D eigenvalue weighted by atomic mass is 16.3. The van der Waals surface area contributed by atoms with E-state index in [1.807, 2.05) is 6.92 Å². The fraction of sp³-hybridized carbons (Fsp3) is 0.812. The number of aliphatic hydroxyl groups is 1. The second-order valence-electron chi connectivity index (χ2n) is 6.93. The molecule has 0 bridgehead atoms. The summed E-state index contributed by atoms with van der Waals surface area (Å²) in [4.78, 5) is 16.4. The monoisotopic (exact) mass is 297 g/mol. The Morgan fingerprint density at radius 3 is 2.38 bits per heavy atom. The van der Waals surface area contributed by atoms with Crippen LogP contribution in [0.15, 0.2) is 12.7 Å². The van der Waals surface area contributed by atoms with Gasteiger partial charge >= 0.3 is 0 Å². The molecule has 0 aromatic rings. The first-order valence-electron chi connectivity index (χ1n) is 7.78. The molecule has 1 rings (SSSR count). The summed E-state index contributed by atoms with van der Waals surface area (Å²) in [5.74, 6) is 0.0538. The SMILES string of the molecule is C=CCNC(=O)[C@@H](C)N1CCN(C[C@@H](O)C(C)(C)C)CC1. The van der Waals surface area contributed by atoms with Crippen LogP contribution in [0.1, 0.15) is 27.7 Å². The molecule has 2 N–H and O–H groups in total. The lowest BCUT2D eigenvalue weighted by Gasteiger charge is -2.39. The number of piperazine rings is 1. The van der Waals surface area contributed by atoms with E-state index in [4.69, 9.17) is 0 Å². The van der Waals surface area contributed by atoms with Gasteiger partial charge in [0.25, 0.3) is 0 Å². The normalized spacial score (nSPS) is 20.8. The lowest BCUT2D eigenvalue weighted by atomic mass is 9.89. The molecule has 0 radical (unpaired) electrons. The van der Waals surface area contributed by atoms with Gasteiger partial charge in [-0.15, -0.1) is 6.58 Å². The standard InChI is InChI=1S/C16H31N3O2/c1-6-7-17-15(21)13(2)19-10-8-18(9-11-19)12-14(20)16(3,4)5/h6,13-14,20H,1,7-12H2,2-5H3,(H,17,21)/t13-,14-/m1/s1. The molecule has 2 atom stereocenters. The lowest BCUT2D eigenvalue weighted by molar-refractivity contribution is -0.126. The zero-order chi connectivity index (χ0) is 16.0. The van der Waals surface area contributed by atoms with Crippen LogP contribution in [0.4, 0.5) is 0 Å². The summed E-state index contributed by atoms with van der Waals surface area (Å²) in [7, 11) is 0. The van der Waals surface area contributed by atoms with Gasteiger partial charge in [-0.1, -0.05) is 26.8 Å². The van der Waals surface area contributed by atoms with Crippen LogP contribution in [-0.2, 0) is 4.79 Å². The summed E-state index contributed by atoms with van der Waals surface area (Å²) in [5.41, 5.74) is -0.0883. The van der Waals surface area contributed by atoms with Crippen LogP contribution in [0.3, 0.4) is 0 Å². The summed E-state index contributed by atoms with van der Waals surface area (Å²) in [5, 5.41) is 13.0. The molecule has 1 fully saturated rings. The minimum Gasteiger partial charge on any atom is -0.391 e. The number of hydrogen-bond donors (Lipinski definition) is 2. The van der Waals surface area contributed by atoms with Gasteiger partial charge in [0, 0.05) is 39.3 Å². The molecule has 1 aliphatic heterocycles. The Labute approximate surface area is 129 Å². The van der Waals surface area contributed by atoms with Gasteiger partial charge in [0.1, 0.15) is 0 Å². The molecule has 0 unspecified atom stereocenters. The van der Waals surface area contributed by atoms with Crippen molar-refractivity contribution >= 4 is 5.91 Å². The van der Waals surface area contributed by atoms with E-state index in [-0.39, 0.29) is 23.5 Å². The first-order chi connectivity index (χ1) is 9.75. The van der Waals surface area contributed by atoms with Gasteiger partial charge in [-0.25, -0.2) is 0 Å². The van der Waals surface area contributed by atoms with Crippen LogP contribution in [-0.4, -0.2) is 72.2 Å². The minimum atomic E-state index is -0.322. The fourth-order valence-electron chi connectivity index (χ4n) is 2.34. The molecule has 122 valence electrons. The molecule has 0 saturated carbocycles. The average Bonchev–Trinajstić information content (AvgIpc) is 2.43. The van der Waals surface area contributed by atoms with Gasteiger partial charge in [-0.3, -0.25) is 14.6 Å². The first-order valence-corrected chi connectivity index (χ1v) is 7.78. The zero-order valence-corrected chi connectivity index (χ0v) is 13.9. The smallest absolute Gasteiger partial charge is 0.237 e. The largest absolute Gasteiger partial charge is 0.391 e. The molecule has 0 aromatic carbocycles. The third kappa shape index (κ3) is 5.77. The summed E-state index contributed by atoms with van der Waals surface area (Å²) in [6.45, 7) is 16.4. The maximum absolute atomic E-state index is 11.9. The van der Waals surface area contributed by atoms with E-state index in [0.29, 0.717) is 13.1 Å². The third-order valence-corrected chi connectivity index (χ3v) is 4.19. The summed E-state index contributed by atoms with van der Waals surface area (Å²) in [6.07, 6.45) is 1.37. The predicted octanol–water partition coefficient (Wildman–Crippen LogP) is 0.702. The molecule has 1 saturated heterocycles. The number of rotatable bonds is 6. The Balaban J connectivity index is 2.38. The fourth-order valence-corrected chi connectivity index (χ4v) is 2.34. The van der Waals surface area contributed by atoms with E-state index in [1.165, 1.54) is 0 Å². The van der Waals surface area contributed by atoms with Crippen LogP contribution < -0.4 is 5.32 Å². The molecule has 1 aliphatic rings. The van der Waals surface area contributed by atoms with Crippen molar-refractivity contribution in [2.75, 3.05) is 39.3 Å². The molecule has 1 amide bonds. The first kappa shape index (κ1) is 18.1. The Morgan fingerprint density at radius 1 is 1.33 bits per heavy atom. The highest BCUT2D eigenvalue weighted by Crippen LogP contribution is 2.20. The third-order valence-electron chi connectivity index (χ3n) is 4.19. The van der Waals surface area contributed by atoms with Gasteiger partial charge in [0.05, 0.1) is 12.1 Å². The van der Waals surface area contributed by atoms with Gasteiger partial charge in [0.15, 0.2) is 0 Å². The predicted molar refractivity (Wildman–Crippen MR) is 86.1 cm³/mol. The van der Waals surface area contributed by atoms with Crippen molar-refractivity contribution in [3.05, 3.63) is 12.7 Å². The van der Waals surface area contributed by atoms with Crippen molar-refractivity contribution in [1.82, 2.24) is 15.1 Å². The molecule has 0 aromatic heterocycles. The van der Waals surface area contributed by atoms with E-state index in [0.717, 1.165) is 26.2 Å². The van der Waals surface area contributed by atoms with Crippen molar-refractivity contribution in [2.24, 2.45) is 5.41 Å². The maximum Gasteiger partial charge on any atom is 0.237 e. The van der Waals surface area contributed by atoms with Crippen LogP contribution in [0.2, 0.25) is 0 Å². The molecule has 0 spiro atoms. The molecule has 1 heterocycles. The van der Waals surface area contributed by atoms with E-state index in [1.54, 1.807) is 6.08 Å². The van der Waals surface area contributed by atoms with Crippen molar-refractivity contribution in [2.45, 2.75) is 39.8 Å². The number of nitrogens with one attached hydrogen (secondary N) is 1. The number of nitrogens with zero attached hydrogens (tertiary/aromatic N) is 2. The zero-order valence-electron chi connectivity index (χ0n) is 13.9. The topological polar surface area (TPSA) is 55.8 Å². The number of carbonyl (C=O) groups is 1. The Kier molecular flexibility index (Phi) is 6.84. The van der Waals surface area contributed by atoms with Crippen molar-refractivity contribution < 1.29 is 9.90 Å². The van der Waals surface area contributed by atoms with E-state index in [9.17, 15) is 9.90 Å². The average molecular weight is 297 g/mol. The number of aliphatic hydroxyl groups excluding tert-OH is 1. The second kappa shape index (κ2) is 7.92. The number of carbonyl (C=O) groups excluding carboxylic acids is 1. The number of amides is 1. The minimum absolute atomic E-state index is 0.0538. The molecule has 5 heteroatoms. The van der Waals surface area contributed by atoms with E-state index < -0.39 is 0 Å². The van der Waals surface area contributed by atoms with Gasteiger partial charge in [0.2, 0.25) is 5.91 Å². The maximum atomic E-state index is 11.9. The molecular weight excluding hydrogens is 266 g/mol. The Morgan fingerprint density at radius 2 is 1.90 bits per heavy atom. The van der Waals surface area contributed by atoms with Crippen molar-refractivity contribution in [1.29, 1.82) is 0 Å². The highest BCUT2D eigenvalue weighted by Gasteiger charge is 2.29. The molecule has 21 heavy (non-hydrogen) atoms. The Hall–Kier alpha value is -0.910. The van der Waals surface area contributed by atoms with Gasteiger partial charge in [-0.05, 0) is 12.3 Å². The lowest BCUT2D eigenvalue weighted by Crippen LogP contribution is -2.55. The molecular formula is C16H31N3O2. The van der Waals surface area contributed by atoms with E-state index >= 15 is 0 Å². The van der Waals surface area contributed by atoms with Crippen molar-refractivity contribution in [3.8, 4) is 0 Å². The molecule has 5 nitrogen and oxygen atoms in total.